The summed E-state index contributed by atoms with van der Waals surface area (Å²) < 4.78 is 26.3. The minimum atomic E-state index is -0.332. The van der Waals surface area contributed by atoms with Crippen molar-refractivity contribution in [3.05, 3.63) is 173 Å². The highest BCUT2D eigenvalue weighted by atomic mass is 16.7. The minimum absolute atomic E-state index is 0.0222. The topological polar surface area (TPSA) is 52.2 Å². The Morgan fingerprint density at radius 2 is 1.21 bits per heavy atom. The van der Waals surface area contributed by atoms with E-state index in [-0.39, 0.29) is 35.9 Å². The molecule has 0 radical (unpaired) electrons. The van der Waals surface area contributed by atoms with Gasteiger partial charge in [-0.2, -0.15) is 0 Å². The van der Waals surface area contributed by atoms with Crippen molar-refractivity contribution in [2.24, 2.45) is 5.41 Å². The summed E-state index contributed by atoms with van der Waals surface area (Å²) in [6.07, 6.45) is 0.183. The fourth-order valence-electron chi connectivity index (χ4n) is 6.91. The van der Waals surface area contributed by atoms with Gasteiger partial charge in [-0.1, -0.05) is 154 Å². The van der Waals surface area contributed by atoms with Gasteiger partial charge in [0.2, 0.25) is 0 Å². The summed E-state index contributed by atoms with van der Waals surface area (Å²) in [6.45, 7) is 12.3. The van der Waals surface area contributed by atoms with E-state index in [1.54, 1.807) is 0 Å². The summed E-state index contributed by atoms with van der Waals surface area (Å²) in [7, 11) is 0. The number of ether oxygens (including phenoxy) is 4. The number of nitrogens with zero attached hydrogens (tertiary/aromatic N) is 1. The highest BCUT2D eigenvalue weighted by Crippen LogP contribution is 2.28. The maximum atomic E-state index is 7.14. The zero-order chi connectivity index (χ0) is 36.9. The van der Waals surface area contributed by atoms with Gasteiger partial charge in [-0.25, -0.2) is 0 Å². The van der Waals surface area contributed by atoms with Crippen molar-refractivity contribution in [1.82, 2.24) is 10.2 Å². The third kappa shape index (κ3) is 12.1. The lowest BCUT2D eigenvalue weighted by atomic mass is 9.92. The van der Waals surface area contributed by atoms with Crippen LogP contribution in [-0.2, 0) is 46.9 Å². The summed E-state index contributed by atoms with van der Waals surface area (Å²) in [5.74, 6) is 0.858. The van der Waals surface area contributed by atoms with Gasteiger partial charge in [-0.3, -0.25) is 4.90 Å². The SMILES string of the molecule is CC1NC([C@@H](OCc2ccccc2)[C@@H](Cc2cccc(OCc3ccccc3)c2)N(Cc2ccccc2)Cc2ccccc2)COC1OCC(C)(C)C. The molecule has 0 spiro atoms. The Kier molecular flexibility index (Phi) is 13.9. The van der Waals surface area contributed by atoms with Crippen molar-refractivity contribution in [2.75, 3.05) is 13.2 Å². The molecule has 6 rings (SSSR count). The van der Waals surface area contributed by atoms with Crippen molar-refractivity contribution in [2.45, 2.75) is 90.9 Å². The fourth-order valence-corrected chi connectivity index (χ4v) is 6.91. The molecule has 3 unspecified atom stereocenters. The van der Waals surface area contributed by atoms with Gasteiger partial charge in [-0.05, 0) is 58.7 Å². The molecule has 278 valence electrons. The van der Waals surface area contributed by atoms with Crippen molar-refractivity contribution >= 4 is 0 Å². The van der Waals surface area contributed by atoms with Crippen LogP contribution in [0.1, 0.15) is 55.5 Å². The van der Waals surface area contributed by atoms with Crippen molar-refractivity contribution < 1.29 is 18.9 Å². The van der Waals surface area contributed by atoms with E-state index in [4.69, 9.17) is 18.9 Å². The van der Waals surface area contributed by atoms with Crippen molar-refractivity contribution in [3.8, 4) is 5.75 Å². The average molecular weight is 713 g/mol. The van der Waals surface area contributed by atoms with Crippen LogP contribution in [-0.4, -0.2) is 48.6 Å². The van der Waals surface area contributed by atoms with Crippen molar-refractivity contribution in [3.63, 3.8) is 0 Å². The first-order valence-corrected chi connectivity index (χ1v) is 19.0. The molecular weight excluding hydrogens is 657 g/mol. The van der Waals surface area contributed by atoms with Gasteiger partial charge in [0.25, 0.3) is 0 Å². The van der Waals surface area contributed by atoms with Gasteiger partial charge in [0.1, 0.15) is 12.4 Å². The second-order valence-electron chi connectivity index (χ2n) is 15.5. The number of rotatable bonds is 17. The van der Waals surface area contributed by atoms with E-state index in [9.17, 15) is 0 Å². The normalized spacial score (nSPS) is 18.8. The highest BCUT2D eigenvalue weighted by Gasteiger charge is 2.40. The Labute approximate surface area is 317 Å². The summed E-state index contributed by atoms with van der Waals surface area (Å²) in [5, 5.41) is 3.91. The molecule has 1 N–H and O–H groups in total. The fraction of sp³-hybridized carbons (Fsp3) is 0.362. The van der Waals surface area contributed by atoms with Crippen LogP contribution in [0.3, 0.4) is 0 Å². The third-order valence-corrected chi connectivity index (χ3v) is 9.58. The van der Waals surface area contributed by atoms with Gasteiger partial charge < -0.3 is 24.3 Å². The molecule has 6 heteroatoms. The molecule has 1 saturated heterocycles. The first-order valence-electron chi connectivity index (χ1n) is 19.0. The van der Waals surface area contributed by atoms with Gasteiger partial charge in [0, 0.05) is 19.1 Å². The van der Waals surface area contributed by atoms with E-state index in [1.165, 1.54) is 16.7 Å². The predicted octanol–water partition coefficient (Wildman–Crippen LogP) is 9.23. The molecule has 0 aromatic heterocycles. The molecule has 1 aliphatic rings. The van der Waals surface area contributed by atoms with Crippen LogP contribution in [0.4, 0.5) is 0 Å². The van der Waals surface area contributed by atoms with Gasteiger partial charge in [0.05, 0.1) is 38.0 Å². The average Bonchev–Trinajstić information content (AvgIpc) is 3.17. The van der Waals surface area contributed by atoms with Crippen LogP contribution in [0.5, 0.6) is 5.75 Å². The minimum Gasteiger partial charge on any atom is -0.489 e. The molecule has 0 saturated carbocycles. The van der Waals surface area contributed by atoms with Crippen LogP contribution in [0.2, 0.25) is 0 Å². The number of hydrogen-bond donors (Lipinski definition) is 1. The lowest BCUT2D eigenvalue weighted by molar-refractivity contribution is -0.206. The first-order chi connectivity index (χ1) is 25.8. The largest absolute Gasteiger partial charge is 0.489 e. The van der Waals surface area contributed by atoms with Crippen LogP contribution in [0.15, 0.2) is 146 Å². The molecule has 5 aromatic rings. The lowest BCUT2D eigenvalue weighted by Crippen LogP contribution is -2.63. The monoisotopic (exact) mass is 712 g/mol. The molecule has 5 aromatic carbocycles. The molecule has 1 aliphatic heterocycles. The molecule has 1 fully saturated rings. The Hall–Kier alpha value is -4.30. The Balaban J connectivity index is 1.35. The van der Waals surface area contributed by atoms with E-state index < -0.39 is 0 Å². The van der Waals surface area contributed by atoms with E-state index in [0.29, 0.717) is 26.4 Å². The molecule has 0 bridgehead atoms. The molecule has 1 heterocycles. The Morgan fingerprint density at radius 3 is 1.75 bits per heavy atom. The van der Waals surface area contributed by atoms with Gasteiger partial charge in [0.15, 0.2) is 6.29 Å². The maximum Gasteiger partial charge on any atom is 0.172 e. The van der Waals surface area contributed by atoms with E-state index in [0.717, 1.165) is 36.4 Å². The quantitative estimate of drug-likeness (QED) is 0.104. The molecule has 0 aliphatic carbocycles. The maximum absolute atomic E-state index is 7.14. The zero-order valence-corrected chi connectivity index (χ0v) is 31.8. The van der Waals surface area contributed by atoms with Crippen LogP contribution < -0.4 is 10.1 Å². The molecular formula is C47H56N2O4. The van der Waals surface area contributed by atoms with Gasteiger partial charge in [-0.15, -0.1) is 0 Å². The third-order valence-electron chi connectivity index (χ3n) is 9.58. The molecule has 6 nitrogen and oxygen atoms in total. The summed E-state index contributed by atoms with van der Waals surface area (Å²) in [6, 6.07) is 50.7. The molecule has 53 heavy (non-hydrogen) atoms. The second-order valence-corrected chi connectivity index (χ2v) is 15.5. The predicted molar refractivity (Wildman–Crippen MR) is 213 cm³/mol. The number of hydrogen-bond acceptors (Lipinski definition) is 6. The van der Waals surface area contributed by atoms with Crippen molar-refractivity contribution in [1.29, 1.82) is 0 Å². The van der Waals surface area contributed by atoms with Crippen LogP contribution >= 0.6 is 0 Å². The van der Waals surface area contributed by atoms with E-state index >= 15 is 0 Å². The first kappa shape index (κ1) is 38.4. The standard InChI is InChI=1S/C47H56N2O4/c1-36-46(53-35-47(2,3)4)52-34-43(48-36)45(51-33-40-24-15-8-16-25-40)44(29-41-26-17-27-42(28-41)50-32-39-22-13-7-14-23-39)49(30-37-18-9-5-10-19-37)31-38-20-11-6-12-21-38/h5-28,36,43-46,48H,29-35H2,1-4H3/t36?,43?,44-,45-,46?/m1/s1. The Bertz CT molecular complexity index is 1720. The molecule has 0 amide bonds. The zero-order valence-electron chi connectivity index (χ0n) is 31.8. The number of benzene rings is 5. The van der Waals surface area contributed by atoms with Gasteiger partial charge >= 0.3 is 0 Å². The van der Waals surface area contributed by atoms with Crippen LogP contribution in [0, 0.1) is 5.41 Å². The highest BCUT2D eigenvalue weighted by molar-refractivity contribution is 5.30. The smallest absolute Gasteiger partial charge is 0.172 e. The van der Waals surface area contributed by atoms with E-state index in [2.05, 4.69) is 153 Å². The number of nitrogens with one attached hydrogen (secondary N) is 1. The van der Waals surface area contributed by atoms with Crippen LogP contribution in [0.25, 0.3) is 0 Å². The van der Waals surface area contributed by atoms with E-state index in [1.807, 2.05) is 30.3 Å². The summed E-state index contributed by atoms with van der Waals surface area (Å²) >= 11 is 0. The summed E-state index contributed by atoms with van der Waals surface area (Å²) in [5.41, 5.74) is 6.03. The summed E-state index contributed by atoms with van der Waals surface area (Å²) in [4.78, 5) is 2.59. The Morgan fingerprint density at radius 1 is 0.679 bits per heavy atom. The second kappa shape index (κ2) is 19.2. The lowest BCUT2D eigenvalue weighted by Gasteiger charge is -2.45. The number of morpholine rings is 1. The molecule has 5 atom stereocenters.